The Morgan fingerprint density at radius 1 is 0.843 bits per heavy atom. The second-order valence-corrected chi connectivity index (χ2v) is 20.3. The summed E-state index contributed by atoms with van der Waals surface area (Å²) in [5.41, 5.74) is 2.24. The minimum atomic E-state index is -0.504. The molecular formula is C49H67Cl2N9O9S. The van der Waals surface area contributed by atoms with Crippen LogP contribution in [-0.2, 0) is 33.3 Å². The van der Waals surface area contributed by atoms with E-state index in [0.29, 0.717) is 118 Å². The number of halogens is 2. The highest BCUT2D eigenvalue weighted by molar-refractivity contribution is 8.00. The molecule has 3 saturated heterocycles. The van der Waals surface area contributed by atoms with E-state index in [1.807, 2.05) is 49.0 Å². The number of anilines is 2. The van der Waals surface area contributed by atoms with E-state index in [4.69, 9.17) is 46.9 Å². The number of ether oxygens (including phenoxy) is 5. The van der Waals surface area contributed by atoms with Gasteiger partial charge in [-0.2, -0.15) is 27.1 Å². The third-order valence-corrected chi connectivity index (χ3v) is 14.9. The van der Waals surface area contributed by atoms with E-state index in [1.54, 1.807) is 12.3 Å². The molecule has 0 unspecified atom stereocenters. The van der Waals surface area contributed by atoms with Crippen LogP contribution >= 0.6 is 35.0 Å². The van der Waals surface area contributed by atoms with E-state index in [1.165, 1.54) is 0 Å². The highest BCUT2D eigenvalue weighted by Crippen LogP contribution is 2.36. The lowest BCUT2D eigenvalue weighted by Gasteiger charge is -2.37. The average molecular weight is 1030 g/mol. The van der Waals surface area contributed by atoms with Crippen LogP contribution < -0.4 is 30.5 Å². The Kier molecular flexibility index (Phi) is 21.0. The third-order valence-electron chi connectivity index (χ3n) is 12.9. The summed E-state index contributed by atoms with van der Waals surface area (Å²) in [5, 5.41) is 28.0. The zero-order valence-corrected chi connectivity index (χ0v) is 42.4. The average Bonchev–Trinajstić information content (AvgIpc) is 3.81. The lowest BCUT2D eigenvalue weighted by molar-refractivity contribution is -0.130. The predicted molar refractivity (Wildman–Crippen MR) is 271 cm³/mol. The Hall–Kier alpha value is -4.37. The molecule has 3 amide bonds. The Morgan fingerprint density at radius 2 is 1.57 bits per heavy atom. The van der Waals surface area contributed by atoms with Crippen LogP contribution in [0.5, 0.6) is 5.75 Å². The monoisotopic (exact) mass is 1030 g/mol. The van der Waals surface area contributed by atoms with Crippen LogP contribution in [0.4, 0.5) is 16.2 Å². The van der Waals surface area contributed by atoms with Crippen LogP contribution in [0.2, 0.25) is 10.0 Å². The van der Waals surface area contributed by atoms with E-state index in [0.717, 1.165) is 68.0 Å². The summed E-state index contributed by atoms with van der Waals surface area (Å²) in [6, 6.07) is 11.9. The number of carbonyl (C=O) groups is 4. The molecule has 2 aromatic carbocycles. The first-order chi connectivity index (χ1) is 34.0. The molecule has 7 rings (SSSR count). The minimum Gasteiger partial charge on any atom is -0.491 e. The molecule has 4 aliphatic heterocycles. The SMILES string of the molecule is CC1(CC[C@H](CC(=O)CCOCCOCCCC(=O)CCCC[C@@H]2SC[C@@H]3NC(=O)N[C@@H]32)C(=O)NCCOCCOCCOc2cc(Cl)cc(N3CCN(c4cnnc5c(Cl)cccc45)CC3)c2)N=N1. The summed E-state index contributed by atoms with van der Waals surface area (Å²) in [7, 11) is 0. The van der Waals surface area contributed by atoms with Crippen LogP contribution in [0.15, 0.2) is 52.8 Å². The molecule has 18 nitrogen and oxygen atoms in total. The van der Waals surface area contributed by atoms with Crippen LogP contribution in [0.1, 0.15) is 71.1 Å². The Balaban J connectivity index is 0.680. The lowest BCUT2D eigenvalue weighted by Crippen LogP contribution is -2.46. The summed E-state index contributed by atoms with van der Waals surface area (Å²) in [5.74, 6) is 1.10. The van der Waals surface area contributed by atoms with Gasteiger partial charge in [0.2, 0.25) is 5.91 Å². The first-order valence-electron chi connectivity index (χ1n) is 24.6. The molecule has 0 radical (unpaired) electrons. The number of hydrogen-bond acceptors (Lipinski definition) is 16. The molecule has 0 spiro atoms. The molecule has 1 aromatic heterocycles. The number of benzene rings is 2. The largest absolute Gasteiger partial charge is 0.491 e. The van der Waals surface area contributed by atoms with E-state index >= 15 is 0 Å². The molecule has 382 valence electrons. The molecule has 3 N–H and O–H groups in total. The van der Waals surface area contributed by atoms with Crippen molar-refractivity contribution < 1.29 is 42.9 Å². The fourth-order valence-electron chi connectivity index (χ4n) is 8.89. The number of ketones is 2. The maximum absolute atomic E-state index is 13.2. The normalized spacial score (nSPS) is 19.5. The zero-order chi connectivity index (χ0) is 49.1. The van der Waals surface area contributed by atoms with Gasteiger partial charge in [0.1, 0.15) is 29.4 Å². The van der Waals surface area contributed by atoms with Crippen molar-refractivity contribution in [3.63, 3.8) is 0 Å². The predicted octanol–water partition coefficient (Wildman–Crippen LogP) is 6.83. The smallest absolute Gasteiger partial charge is 0.315 e. The number of carbonyl (C=O) groups excluding carboxylic acids is 4. The maximum atomic E-state index is 13.2. The molecular weight excluding hydrogens is 962 g/mol. The van der Waals surface area contributed by atoms with E-state index in [2.05, 4.69) is 46.2 Å². The third kappa shape index (κ3) is 16.9. The number of unbranched alkanes of at least 4 members (excludes halogenated alkanes) is 1. The number of Topliss-reactive ketones (excluding diaryl/α,β-unsaturated/α-hetero) is 2. The number of nitrogens with one attached hydrogen (secondary N) is 3. The van der Waals surface area contributed by atoms with Crippen LogP contribution in [0.3, 0.4) is 0 Å². The summed E-state index contributed by atoms with van der Waals surface area (Å²) in [6.45, 7) is 8.52. The molecule has 3 fully saturated rings. The van der Waals surface area contributed by atoms with Crippen LogP contribution in [0.25, 0.3) is 10.9 Å². The number of fused-ring (bicyclic) bond motifs is 2. The van der Waals surface area contributed by atoms with Gasteiger partial charge in [-0.1, -0.05) is 41.8 Å². The highest BCUT2D eigenvalue weighted by Gasteiger charge is 2.42. The van der Waals surface area contributed by atoms with Gasteiger partial charge in [-0.15, -0.1) is 5.10 Å². The number of amides is 3. The second kappa shape index (κ2) is 27.5. The van der Waals surface area contributed by atoms with Gasteiger partial charge in [0, 0.05) is 104 Å². The Morgan fingerprint density at radius 3 is 2.37 bits per heavy atom. The Bertz CT molecular complexity index is 2230. The van der Waals surface area contributed by atoms with Gasteiger partial charge >= 0.3 is 6.03 Å². The van der Waals surface area contributed by atoms with Crippen molar-refractivity contribution in [2.75, 3.05) is 108 Å². The first kappa shape index (κ1) is 53.4. The number of piperazine rings is 1. The molecule has 4 aliphatic rings. The van der Waals surface area contributed by atoms with E-state index < -0.39 is 11.6 Å². The molecule has 70 heavy (non-hydrogen) atoms. The van der Waals surface area contributed by atoms with Crippen LogP contribution in [-0.4, -0.2) is 155 Å². The van der Waals surface area contributed by atoms with E-state index in [-0.39, 0.29) is 55.0 Å². The quantitative estimate of drug-likeness (QED) is 0.0423. The number of rotatable bonds is 33. The van der Waals surface area contributed by atoms with Crippen molar-refractivity contribution in [2.45, 2.75) is 94.1 Å². The zero-order valence-electron chi connectivity index (χ0n) is 40.1. The van der Waals surface area contributed by atoms with Gasteiger partial charge in [-0.3, -0.25) is 14.4 Å². The van der Waals surface area contributed by atoms with Crippen molar-refractivity contribution >= 4 is 80.7 Å². The number of nitrogens with zero attached hydrogens (tertiary/aromatic N) is 6. The number of thioether (sulfide) groups is 1. The van der Waals surface area contributed by atoms with Crippen molar-refractivity contribution in [1.82, 2.24) is 26.1 Å². The lowest BCUT2D eigenvalue weighted by atomic mass is 9.92. The summed E-state index contributed by atoms with van der Waals surface area (Å²) < 4.78 is 28.7. The number of hydrogen-bond donors (Lipinski definition) is 3. The van der Waals surface area contributed by atoms with Gasteiger partial charge in [-0.05, 0) is 57.2 Å². The molecule has 5 heterocycles. The van der Waals surface area contributed by atoms with E-state index in [9.17, 15) is 19.2 Å². The molecule has 4 atom stereocenters. The fourth-order valence-corrected chi connectivity index (χ4v) is 10.9. The van der Waals surface area contributed by atoms with Crippen molar-refractivity contribution in [1.29, 1.82) is 0 Å². The van der Waals surface area contributed by atoms with Gasteiger partial charge in [0.15, 0.2) is 5.66 Å². The standard InChI is InChI=1S/C49H67Cl2N9O9S/c1-49(57-58-49)13-11-34(28-38(62)12-20-66-23-22-65-19-5-7-37(61)6-2-3-10-44-46-42(33-70-44)54-48(64)55-46)47(63)52-14-21-67-24-25-68-26-27-69-39-30-35(50)29-36(31-39)59-15-17-60(18-16-59)43-32-53-56-45-40(43)8-4-9-41(45)51/h4,8-9,29-32,34,42,44,46H,2-3,5-7,10-28,33H2,1H3,(H,52,63)(H2,54,55,64)/t34-,42+,44+,46+/m1/s1. The number of urea groups is 1. The molecule has 21 heteroatoms. The topological polar surface area (TPSA) is 208 Å². The van der Waals surface area contributed by atoms with Crippen molar-refractivity contribution in [2.24, 2.45) is 16.1 Å². The van der Waals surface area contributed by atoms with Crippen molar-refractivity contribution in [3.05, 3.63) is 52.6 Å². The van der Waals surface area contributed by atoms with Gasteiger partial charge in [0.25, 0.3) is 0 Å². The summed E-state index contributed by atoms with van der Waals surface area (Å²) in [6.07, 6.45) is 7.75. The van der Waals surface area contributed by atoms with Gasteiger partial charge in [-0.25, -0.2) is 4.79 Å². The van der Waals surface area contributed by atoms with Crippen LogP contribution in [0, 0.1) is 5.92 Å². The van der Waals surface area contributed by atoms with Gasteiger partial charge < -0.3 is 49.4 Å². The van der Waals surface area contributed by atoms with Gasteiger partial charge in [0.05, 0.1) is 75.2 Å². The Labute approximate surface area is 424 Å². The summed E-state index contributed by atoms with van der Waals surface area (Å²) in [4.78, 5) is 54.5. The molecule has 0 aliphatic carbocycles. The molecule has 0 saturated carbocycles. The first-order valence-corrected chi connectivity index (χ1v) is 26.4. The molecule has 0 bridgehead atoms. The summed E-state index contributed by atoms with van der Waals surface area (Å²) >= 11 is 14.8. The van der Waals surface area contributed by atoms with Crippen molar-refractivity contribution in [3.8, 4) is 5.75 Å². The maximum Gasteiger partial charge on any atom is 0.315 e. The fraction of sp³-hybridized carbons (Fsp3) is 0.633. The highest BCUT2D eigenvalue weighted by atomic mass is 35.5. The second-order valence-electron chi connectivity index (χ2n) is 18.2. The minimum absolute atomic E-state index is 0.0502. The molecule has 3 aromatic rings. The number of aromatic nitrogens is 2.